The van der Waals surface area contributed by atoms with Crippen molar-refractivity contribution in [1.29, 1.82) is 0 Å². The van der Waals surface area contributed by atoms with Crippen molar-refractivity contribution in [3.8, 4) is 0 Å². The van der Waals surface area contributed by atoms with Gasteiger partial charge in [0.15, 0.2) is 0 Å². The van der Waals surface area contributed by atoms with Crippen LogP contribution in [0.4, 0.5) is 0 Å². The second kappa shape index (κ2) is 7.77. The summed E-state index contributed by atoms with van der Waals surface area (Å²) in [6, 6.07) is 12.9. The van der Waals surface area contributed by atoms with E-state index in [1.807, 2.05) is 12.1 Å². The normalized spacial score (nSPS) is 12.4. The van der Waals surface area contributed by atoms with Crippen molar-refractivity contribution in [3.63, 3.8) is 0 Å². The van der Waals surface area contributed by atoms with Gasteiger partial charge in [-0.05, 0) is 60.8 Å². The lowest BCUT2D eigenvalue weighted by molar-refractivity contribution is 0.549. The number of likely N-dealkylation sites (N-methyl/N-ethyl adjacent to an activating group) is 1. The Kier molecular flexibility index (Phi) is 6.30. The average molecular weight is 432 g/mol. The zero-order chi connectivity index (χ0) is 15.4. The van der Waals surface area contributed by atoms with Crippen LogP contribution in [0.3, 0.4) is 0 Å². The van der Waals surface area contributed by atoms with E-state index < -0.39 is 0 Å². The van der Waals surface area contributed by atoms with Crippen LogP contribution in [0.1, 0.15) is 29.7 Å². The Bertz CT molecular complexity index is 608. The highest BCUT2D eigenvalue weighted by atomic mass is 79.9. The van der Waals surface area contributed by atoms with Gasteiger partial charge in [-0.2, -0.15) is 0 Å². The second-order valence-electron chi connectivity index (χ2n) is 5.11. The SMILES string of the molecule is CCNC(Cc1ccc(Br)cc1Cl)c1cc(C)cc(Br)c1. The molecular weight excluding hydrogens is 413 g/mol. The highest BCUT2D eigenvalue weighted by Crippen LogP contribution is 2.28. The van der Waals surface area contributed by atoms with E-state index in [0.717, 1.165) is 32.5 Å². The topological polar surface area (TPSA) is 12.0 Å². The molecule has 0 bridgehead atoms. The summed E-state index contributed by atoms with van der Waals surface area (Å²) in [5.41, 5.74) is 3.69. The summed E-state index contributed by atoms with van der Waals surface area (Å²) in [6.45, 7) is 5.16. The van der Waals surface area contributed by atoms with Crippen LogP contribution in [-0.4, -0.2) is 6.54 Å². The van der Waals surface area contributed by atoms with Gasteiger partial charge in [0.25, 0.3) is 0 Å². The molecule has 1 N–H and O–H groups in total. The van der Waals surface area contributed by atoms with Gasteiger partial charge in [0.2, 0.25) is 0 Å². The summed E-state index contributed by atoms with van der Waals surface area (Å²) in [7, 11) is 0. The maximum atomic E-state index is 6.36. The third-order valence-electron chi connectivity index (χ3n) is 3.36. The largest absolute Gasteiger partial charge is 0.310 e. The van der Waals surface area contributed by atoms with E-state index in [-0.39, 0.29) is 6.04 Å². The van der Waals surface area contributed by atoms with Crippen LogP contribution in [0.25, 0.3) is 0 Å². The van der Waals surface area contributed by atoms with Gasteiger partial charge in [-0.1, -0.05) is 62.5 Å². The molecular formula is C17H18Br2ClN. The molecule has 2 aromatic carbocycles. The first-order chi connectivity index (χ1) is 9.99. The molecule has 1 unspecified atom stereocenters. The number of nitrogens with one attached hydrogen (secondary N) is 1. The van der Waals surface area contributed by atoms with E-state index in [9.17, 15) is 0 Å². The fraction of sp³-hybridized carbons (Fsp3) is 0.294. The first-order valence-corrected chi connectivity index (χ1v) is 8.90. The number of benzene rings is 2. The van der Waals surface area contributed by atoms with Crippen molar-refractivity contribution >= 4 is 43.5 Å². The zero-order valence-corrected chi connectivity index (χ0v) is 16.0. The third kappa shape index (κ3) is 4.82. The Morgan fingerprint density at radius 1 is 1.10 bits per heavy atom. The quantitative estimate of drug-likeness (QED) is 0.606. The minimum absolute atomic E-state index is 0.255. The van der Waals surface area contributed by atoms with E-state index in [1.165, 1.54) is 11.1 Å². The fourth-order valence-electron chi connectivity index (χ4n) is 2.43. The van der Waals surface area contributed by atoms with Crippen LogP contribution in [-0.2, 0) is 6.42 Å². The molecule has 112 valence electrons. The maximum absolute atomic E-state index is 6.36. The third-order valence-corrected chi connectivity index (χ3v) is 4.66. The first kappa shape index (κ1) is 17.0. The summed E-state index contributed by atoms with van der Waals surface area (Å²) < 4.78 is 2.12. The van der Waals surface area contributed by atoms with Crippen LogP contribution < -0.4 is 5.32 Å². The van der Waals surface area contributed by atoms with Gasteiger partial charge in [0.05, 0.1) is 0 Å². The van der Waals surface area contributed by atoms with Crippen molar-refractivity contribution in [1.82, 2.24) is 5.32 Å². The minimum atomic E-state index is 0.255. The smallest absolute Gasteiger partial charge is 0.0449 e. The average Bonchev–Trinajstić information content (AvgIpc) is 2.40. The van der Waals surface area contributed by atoms with Crippen LogP contribution in [0, 0.1) is 6.92 Å². The molecule has 0 aliphatic rings. The standard InChI is InChI=1S/C17H18Br2ClN/c1-3-21-17(13-6-11(2)7-15(19)8-13)9-12-4-5-14(18)10-16(12)20/h4-8,10,17,21H,3,9H2,1-2H3. The Labute approximate surface area is 148 Å². The highest BCUT2D eigenvalue weighted by molar-refractivity contribution is 9.10. The molecule has 4 heteroatoms. The number of hydrogen-bond donors (Lipinski definition) is 1. The lowest BCUT2D eigenvalue weighted by Gasteiger charge is -2.20. The van der Waals surface area contributed by atoms with Crippen molar-refractivity contribution in [2.45, 2.75) is 26.3 Å². The predicted octanol–water partition coefficient (Wildman–Crippen LogP) is 6.07. The first-order valence-electron chi connectivity index (χ1n) is 6.94. The van der Waals surface area contributed by atoms with Gasteiger partial charge in [-0.25, -0.2) is 0 Å². The van der Waals surface area contributed by atoms with Crippen molar-refractivity contribution in [2.24, 2.45) is 0 Å². The number of aryl methyl sites for hydroxylation is 1. The Morgan fingerprint density at radius 3 is 2.48 bits per heavy atom. The molecule has 2 aromatic rings. The minimum Gasteiger partial charge on any atom is -0.310 e. The fourth-order valence-corrected chi connectivity index (χ4v) is 3.80. The molecule has 0 radical (unpaired) electrons. The Morgan fingerprint density at radius 2 is 1.86 bits per heavy atom. The van der Waals surface area contributed by atoms with Crippen molar-refractivity contribution in [2.75, 3.05) is 6.54 Å². The van der Waals surface area contributed by atoms with Gasteiger partial charge >= 0.3 is 0 Å². The summed E-state index contributed by atoms with van der Waals surface area (Å²) in [5, 5.41) is 4.36. The van der Waals surface area contributed by atoms with E-state index >= 15 is 0 Å². The van der Waals surface area contributed by atoms with E-state index in [1.54, 1.807) is 0 Å². The molecule has 0 aliphatic heterocycles. The molecule has 0 fully saturated rings. The molecule has 0 saturated carbocycles. The zero-order valence-electron chi connectivity index (χ0n) is 12.1. The van der Waals surface area contributed by atoms with Gasteiger partial charge in [0, 0.05) is 20.0 Å². The summed E-state index contributed by atoms with van der Waals surface area (Å²) in [4.78, 5) is 0. The summed E-state index contributed by atoms with van der Waals surface area (Å²) in [6.07, 6.45) is 0.871. The molecule has 0 aliphatic carbocycles. The molecule has 2 rings (SSSR count). The number of rotatable bonds is 5. The summed E-state index contributed by atoms with van der Waals surface area (Å²) in [5.74, 6) is 0. The molecule has 21 heavy (non-hydrogen) atoms. The summed E-state index contributed by atoms with van der Waals surface area (Å²) >= 11 is 13.4. The maximum Gasteiger partial charge on any atom is 0.0449 e. The van der Waals surface area contributed by atoms with Crippen LogP contribution >= 0.6 is 43.5 Å². The number of hydrogen-bond acceptors (Lipinski definition) is 1. The molecule has 0 aromatic heterocycles. The predicted molar refractivity (Wildman–Crippen MR) is 98.2 cm³/mol. The van der Waals surface area contributed by atoms with Gasteiger partial charge in [0.1, 0.15) is 0 Å². The second-order valence-corrected chi connectivity index (χ2v) is 7.35. The Balaban J connectivity index is 2.30. The van der Waals surface area contributed by atoms with Gasteiger partial charge in [-0.3, -0.25) is 0 Å². The van der Waals surface area contributed by atoms with Crippen LogP contribution in [0.2, 0.25) is 5.02 Å². The lowest BCUT2D eigenvalue weighted by atomic mass is 9.97. The van der Waals surface area contributed by atoms with E-state index in [2.05, 4.69) is 75.3 Å². The molecule has 0 amide bonds. The van der Waals surface area contributed by atoms with Crippen molar-refractivity contribution in [3.05, 3.63) is 67.1 Å². The molecule has 1 nitrogen and oxygen atoms in total. The molecule has 0 saturated heterocycles. The highest BCUT2D eigenvalue weighted by Gasteiger charge is 2.14. The lowest BCUT2D eigenvalue weighted by Crippen LogP contribution is -2.23. The number of halogens is 3. The Hall–Kier alpha value is -0.350. The van der Waals surface area contributed by atoms with Crippen LogP contribution in [0.5, 0.6) is 0 Å². The van der Waals surface area contributed by atoms with Crippen molar-refractivity contribution < 1.29 is 0 Å². The van der Waals surface area contributed by atoms with Crippen LogP contribution in [0.15, 0.2) is 45.3 Å². The molecule has 0 heterocycles. The van der Waals surface area contributed by atoms with E-state index in [0.29, 0.717) is 0 Å². The molecule has 1 atom stereocenters. The van der Waals surface area contributed by atoms with Gasteiger partial charge < -0.3 is 5.32 Å². The van der Waals surface area contributed by atoms with Gasteiger partial charge in [-0.15, -0.1) is 0 Å². The molecule has 0 spiro atoms. The monoisotopic (exact) mass is 429 g/mol. The van der Waals surface area contributed by atoms with E-state index in [4.69, 9.17) is 11.6 Å².